The molecule has 1 aromatic carbocycles. The smallest absolute Gasteiger partial charge is 0.0600 e. The molecule has 2 rings (SSSR count). The number of hydrogen-bond acceptors (Lipinski definition) is 3. The van der Waals surface area contributed by atoms with Crippen LogP contribution in [0.15, 0.2) is 24.3 Å². The fourth-order valence-corrected chi connectivity index (χ4v) is 2.11. The van der Waals surface area contributed by atoms with Gasteiger partial charge in [0.15, 0.2) is 0 Å². The molecule has 88 valence electrons. The van der Waals surface area contributed by atoms with Gasteiger partial charge in [-0.2, -0.15) is 0 Å². The first kappa shape index (κ1) is 11.4. The summed E-state index contributed by atoms with van der Waals surface area (Å²) in [6, 6.07) is 8.74. The van der Waals surface area contributed by atoms with Crippen LogP contribution in [0, 0.1) is 0 Å². The highest BCUT2D eigenvalue weighted by atomic mass is 16.5. The van der Waals surface area contributed by atoms with E-state index >= 15 is 0 Å². The van der Waals surface area contributed by atoms with Crippen LogP contribution in [0.4, 0.5) is 5.69 Å². The van der Waals surface area contributed by atoms with Crippen molar-refractivity contribution in [3.05, 3.63) is 29.8 Å². The third-order valence-corrected chi connectivity index (χ3v) is 3.55. The van der Waals surface area contributed by atoms with Gasteiger partial charge in [-0.05, 0) is 24.6 Å². The molecule has 1 atom stereocenters. The monoisotopic (exact) mass is 220 g/mol. The minimum absolute atomic E-state index is 0.0326. The molecule has 1 saturated heterocycles. The van der Waals surface area contributed by atoms with Crippen molar-refractivity contribution in [1.82, 2.24) is 0 Å². The molecule has 3 nitrogen and oxygen atoms in total. The zero-order valence-corrected chi connectivity index (χ0v) is 10.2. The number of nitrogens with zero attached hydrogens (tertiary/aromatic N) is 1. The van der Waals surface area contributed by atoms with Crippen LogP contribution < -0.4 is 10.6 Å². The van der Waals surface area contributed by atoms with Gasteiger partial charge in [0.05, 0.1) is 18.6 Å². The van der Waals surface area contributed by atoms with Crippen LogP contribution in [0.1, 0.15) is 12.5 Å². The zero-order valence-electron chi connectivity index (χ0n) is 10.2. The quantitative estimate of drug-likeness (QED) is 0.836. The summed E-state index contributed by atoms with van der Waals surface area (Å²) < 4.78 is 5.34. The van der Waals surface area contributed by atoms with Crippen molar-refractivity contribution in [2.75, 3.05) is 32.2 Å². The second-order valence-corrected chi connectivity index (χ2v) is 4.88. The Morgan fingerprint density at radius 2 is 1.81 bits per heavy atom. The van der Waals surface area contributed by atoms with Gasteiger partial charge in [-0.15, -0.1) is 0 Å². The third kappa shape index (κ3) is 1.70. The molecular formula is C13H20N2O. The fourth-order valence-electron chi connectivity index (χ4n) is 2.11. The molecular weight excluding hydrogens is 200 g/mol. The van der Waals surface area contributed by atoms with Gasteiger partial charge in [-0.25, -0.2) is 0 Å². The van der Waals surface area contributed by atoms with Crippen molar-refractivity contribution in [2.24, 2.45) is 5.73 Å². The lowest BCUT2D eigenvalue weighted by atomic mass is 9.73. The maximum absolute atomic E-state index is 6.07. The lowest BCUT2D eigenvalue weighted by molar-refractivity contribution is -0.0701. The molecule has 1 aromatic rings. The topological polar surface area (TPSA) is 38.5 Å². The predicted octanol–water partition coefficient (Wildman–Crippen LogP) is 1.37. The normalized spacial score (nSPS) is 20.0. The summed E-state index contributed by atoms with van der Waals surface area (Å²) in [6.07, 6.45) is 0. The Bertz CT molecular complexity index is 353. The molecule has 3 heteroatoms. The Balaban J connectivity index is 2.27. The molecule has 16 heavy (non-hydrogen) atoms. The first-order valence-corrected chi connectivity index (χ1v) is 5.67. The van der Waals surface area contributed by atoms with Gasteiger partial charge in [0.25, 0.3) is 0 Å². The highest BCUT2D eigenvalue weighted by Crippen LogP contribution is 2.35. The van der Waals surface area contributed by atoms with E-state index in [4.69, 9.17) is 10.5 Å². The highest BCUT2D eigenvalue weighted by molar-refractivity contribution is 5.48. The summed E-state index contributed by atoms with van der Waals surface area (Å²) in [4.78, 5) is 2.10. The van der Waals surface area contributed by atoms with E-state index in [2.05, 4.69) is 36.1 Å². The number of ether oxygens (including phenoxy) is 1. The molecule has 0 aliphatic carbocycles. The average Bonchev–Trinajstić information content (AvgIpc) is 2.16. The predicted molar refractivity (Wildman–Crippen MR) is 66.9 cm³/mol. The third-order valence-electron chi connectivity index (χ3n) is 3.55. The number of anilines is 1. The summed E-state index contributed by atoms with van der Waals surface area (Å²) in [5, 5.41) is 0. The minimum Gasteiger partial charge on any atom is -0.379 e. The Morgan fingerprint density at radius 3 is 2.12 bits per heavy atom. The maximum atomic E-state index is 6.07. The van der Waals surface area contributed by atoms with Crippen LogP contribution in [-0.2, 0) is 10.2 Å². The average molecular weight is 220 g/mol. The largest absolute Gasteiger partial charge is 0.379 e. The zero-order chi connectivity index (χ0) is 11.8. The van der Waals surface area contributed by atoms with E-state index in [9.17, 15) is 0 Å². The van der Waals surface area contributed by atoms with Gasteiger partial charge in [-0.3, -0.25) is 0 Å². The molecule has 1 heterocycles. The second kappa shape index (κ2) is 4.07. The van der Waals surface area contributed by atoms with E-state index in [1.807, 2.05) is 14.1 Å². The molecule has 1 unspecified atom stereocenters. The Hall–Kier alpha value is -1.06. The molecule has 2 N–H and O–H groups in total. The van der Waals surface area contributed by atoms with E-state index in [0.29, 0.717) is 0 Å². The lowest BCUT2D eigenvalue weighted by Crippen LogP contribution is -2.57. The van der Waals surface area contributed by atoms with E-state index in [0.717, 1.165) is 13.2 Å². The standard InChI is InChI=1S/C13H20N2O/c1-10(14)13(8-16-9-13)11-4-6-12(7-5-11)15(2)3/h4-7,10H,8-9,14H2,1-3H3. The van der Waals surface area contributed by atoms with Crippen molar-refractivity contribution in [2.45, 2.75) is 18.4 Å². The first-order valence-electron chi connectivity index (χ1n) is 5.67. The van der Waals surface area contributed by atoms with Gasteiger partial charge in [0, 0.05) is 25.8 Å². The Labute approximate surface area is 97.2 Å². The Morgan fingerprint density at radius 1 is 1.25 bits per heavy atom. The highest BCUT2D eigenvalue weighted by Gasteiger charge is 2.43. The van der Waals surface area contributed by atoms with E-state index in [-0.39, 0.29) is 11.5 Å². The van der Waals surface area contributed by atoms with Crippen LogP contribution in [0.2, 0.25) is 0 Å². The Kier molecular flexibility index (Phi) is 2.91. The van der Waals surface area contributed by atoms with Gasteiger partial charge in [0.1, 0.15) is 0 Å². The van der Waals surface area contributed by atoms with Crippen molar-refractivity contribution in [3.63, 3.8) is 0 Å². The van der Waals surface area contributed by atoms with Crippen LogP contribution in [-0.4, -0.2) is 33.4 Å². The van der Waals surface area contributed by atoms with Crippen LogP contribution in [0.3, 0.4) is 0 Å². The van der Waals surface area contributed by atoms with E-state index < -0.39 is 0 Å². The maximum Gasteiger partial charge on any atom is 0.0600 e. The molecule has 1 fully saturated rings. The summed E-state index contributed by atoms with van der Waals surface area (Å²) in [7, 11) is 4.09. The van der Waals surface area contributed by atoms with Crippen molar-refractivity contribution in [3.8, 4) is 0 Å². The molecule has 0 saturated carbocycles. The van der Waals surface area contributed by atoms with Crippen molar-refractivity contribution < 1.29 is 4.74 Å². The number of rotatable bonds is 3. The molecule has 0 amide bonds. The number of benzene rings is 1. The van der Waals surface area contributed by atoms with E-state index in [1.54, 1.807) is 0 Å². The van der Waals surface area contributed by atoms with Crippen molar-refractivity contribution >= 4 is 5.69 Å². The van der Waals surface area contributed by atoms with Crippen LogP contribution >= 0.6 is 0 Å². The van der Waals surface area contributed by atoms with E-state index in [1.165, 1.54) is 11.3 Å². The first-order chi connectivity index (χ1) is 7.56. The molecule has 1 aliphatic rings. The molecule has 0 radical (unpaired) electrons. The second-order valence-electron chi connectivity index (χ2n) is 4.88. The molecule has 0 bridgehead atoms. The summed E-state index contributed by atoms with van der Waals surface area (Å²) in [5.41, 5.74) is 8.61. The fraction of sp³-hybridized carbons (Fsp3) is 0.538. The SMILES string of the molecule is CC(N)C1(c2ccc(N(C)C)cc2)COC1. The van der Waals surface area contributed by atoms with Gasteiger partial charge < -0.3 is 15.4 Å². The lowest BCUT2D eigenvalue weighted by Gasteiger charge is -2.45. The van der Waals surface area contributed by atoms with Crippen LogP contribution in [0.25, 0.3) is 0 Å². The molecule has 0 aromatic heterocycles. The van der Waals surface area contributed by atoms with Crippen molar-refractivity contribution in [1.29, 1.82) is 0 Å². The van der Waals surface area contributed by atoms with Gasteiger partial charge >= 0.3 is 0 Å². The minimum atomic E-state index is 0.0326. The van der Waals surface area contributed by atoms with Crippen LogP contribution in [0.5, 0.6) is 0 Å². The molecule has 0 spiro atoms. The van der Waals surface area contributed by atoms with Gasteiger partial charge in [0.2, 0.25) is 0 Å². The van der Waals surface area contributed by atoms with Gasteiger partial charge in [-0.1, -0.05) is 12.1 Å². The summed E-state index contributed by atoms with van der Waals surface area (Å²) in [6.45, 7) is 3.54. The number of hydrogen-bond donors (Lipinski definition) is 1. The number of nitrogens with two attached hydrogens (primary N) is 1. The summed E-state index contributed by atoms with van der Waals surface area (Å²) in [5.74, 6) is 0. The molecule has 1 aliphatic heterocycles. The summed E-state index contributed by atoms with van der Waals surface area (Å²) >= 11 is 0.